The fourth-order valence-electron chi connectivity index (χ4n) is 2.33. The van der Waals surface area contributed by atoms with Crippen LogP contribution >= 0.6 is 0 Å². The van der Waals surface area contributed by atoms with E-state index in [0.717, 1.165) is 52.4 Å². The Hall–Kier alpha value is -0.810. The molecule has 1 heterocycles. The minimum absolute atomic E-state index is 0.187. The van der Waals surface area contributed by atoms with Gasteiger partial charge in [0, 0.05) is 45.8 Å². The van der Waals surface area contributed by atoms with E-state index in [0.29, 0.717) is 5.92 Å². The summed E-state index contributed by atoms with van der Waals surface area (Å²) in [5.41, 5.74) is 5.64. The van der Waals surface area contributed by atoms with Crippen LogP contribution in [0.4, 0.5) is 4.79 Å². The van der Waals surface area contributed by atoms with Crippen LogP contribution in [0, 0.1) is 5.92 Å². The van der Waals surface area contributed by atoms with Crippen LogP contribution in [-0.2, 0) is 0 Å². The number of hydrogen-bond donors (Lipinski definition) is 1. The van der Waals surface area contributed by atoms with Crippen molar-refractivity contribution in [3.63, 3.8) is 0 Å². The van der Waals surface area contributed by atoms with Gasteiger partial charge in [-0.25, -0.2) is 4.79 Å². The van der Waals surface area contributed by atoms with Gasteiger partial charge in [0.1, 0.15) is 0 Å². The first-order valence-corrected chi connectivity index (χ1v) is 7.08. The Bertz CT molecular complexity index is 247. The zero-order chi connectivity index (χ0) is 13.5. The predicted octanol–water partition coefficient (Wildman–Crippen LogP) is 0.661. The van der Waals surface area contributed by atoms with Crippen LogP contribution in [-0.4, -0.2) is 73.1 Å². The van der Waals surface area contributed by atoms with Crippen molar-refractivity contribution < 1.29 is 4.79 Å². The second-order valence-corrected chi connectivity index (χ2v) is 5.08. The number of rotatable bonds is 5. The summed E-state index contributed by atoms with van der Waals surface area (Å²) >= 11 is 0. The first-order chi connectivity index (χ1) is 8.62. The van der Waals surface area contributed by atoms with Gasteiger partial charge in [-0.2, -0.15) is 0 Å². The van der Waals surface area contributed by atoms with Gasteiger partial charge in [-0.3, -0.25) is 4.90 Å². The van der Waals surface area contributed by atoms with Gasteiger partial charge in [-0.15, -0.1) is 0 Å². The zero-order valence-electron chi connectivity index (χ0n) is 12.1. The molecule has 0 saturated carbocycles. The number of urea groups is 1. The molecule has 1 aliphatic rings. The molecule has 106 valence electrons. The number of piperazine rings is 1. The minimum atomic E-state index is 0.187. The normalized spacial score (nSPS) is 18.8. The second-order valence-electron chi connectivity index (χ2n) is 5.08. The third-order valence-electron chi connectivity index (χ3n) is 3.65. The van der Waals surface area contributed by atoms with Crippen molar-refractivity contribution in [2.24, 2.45) is 11.7 Å². The summed E-state index contributed by atoms with van der Waals surface area (Å²) in [6, 6.07) is 0.187. The quantitative estimate of drug-likeness (QED) is 0.786. The van der Waals surface area contributed by atoms with E-state index < -0.39 is 0 Å². The van der Waals surface area contributed by atoms with Crippen molar-refractivity contribution in [3.05, 3.63) is 0 Å². The Balaban J connectivity index is 2.36. The molecule has 5 nitrogen and oxygen atoms in total. The van der Waals surface area contributed by atoms with Crippen LogP contribution in [0.25, 0.3) is 0 Å². The predicted molar refractivity (Wildman–Crippen MR) is 74.5 cm³/mol. The van der Waals surface area contributed by atoms with E-state index in [1.165, 1.54) is 0 Å². The number of amides is 2. The fourth-order valence-corrected chi connectivity index (χ4v) is 2.33. The van der Waals surface area contributed by atoms with Gasteiger partial charge in [-0.1, -0.05) is 6.92 Å². The number of hydrogen-bond acceptors (Lipinski definition) is 3. The highest BCUT2D eigenvalue weighted by Crippen LogP contribution is 2.07. The molecule has 0 bridgehead atoms. The summed E-state index contributed by atoms with van der Waals surface area (Å²) in [6.45, 7) is 13.2. The lowest BCUT2D eigenvalue weighted by Crippen LogP contribution is -2.53. The van der Waals surface area contributed by atoms with Crippen molar-refractivity contribution >= 4 is 6.03 Å². The third kappa shape index (κ3) is 4.14. The van der Waals surface area contributed by atoms with Gasteiger partial charge in [0.15, 0.2) is 0 Å². The lowest BCUT2D eigenvalue weighted by Gasteiger charge is -2.37. The van der Waals surface area contributed by atoms with Gasteiger partial charge >= 0.3 is 6.03 Å². The molecule has 1 saturated heterocycles. The summed E-state index contributed by atoms with van der Waals surface area (Å²) in [5.74, 6) is 0.537. The number of nitrogens with two attached hydrogens (primary N) is 1. The van der Waals surface area contributed by atoms with Crippen LogP contribution in [0.1, 0.15) is 20.8 Å². The van der Waals surface area contributed by atoms with Gasteiger partial charge in [0.2, 0.25) is 0 Å². The van der Waals surface area contributed by atoms with Crippen LogP contribution in [0.2, 0.25) is 0 Å². The maximum absolute atomic E-state index is 12.2. The monoisotopic (exact) mass is 256 g/mol. The first-order valence-electron chi connectivity index (χ1n) is 7.08. The summed E-state index contributed by atoms with van der Waals surface area (Å²) in [6.07, 6.45) is 0. The summed E-state index contributed by atoms with van der Waals surface area (Å²) < 4.78 is 0. The van der Waals surface area contributed by atoms with Gasteiger partial charge in [0.25, 0.3) is 0 Å². The Morgan fingerprint density at radius 1 is 1.22 bits per heavy atom. The third-order valence-corrected chi connectivity index (χ3v) is 3.65. The Morgan fingerprint density at radius 3 is 2.22 bits per heavy atom. The van der Waals surface area contributed by atoms with Crippen LogP contribution in [0.15, 0.2) is 0 Å². The molecular formula is C13H28N4O. The molecule has 18 heavy (non-hydrogen) atoms. The molecule has 2 amide bonds. The summed E-state index contributed by atoms with van der Waals surface area (Å²) in [5, 5.41) is 0. The van der Waals surface area contributed by atoms with Crippen molar-refractivity contribution in [1.29, 1.82) is 0 Å². The fraction of sp³-hybridized carbons (Fsp3) is 0.923. The van der Waals surface area contributed by atoms with Gasteiger partial charge < -0.3 is 15.5 Å². The topological polar surface area (TPSA) is 52.8 Å². The van der Waals surface area contributed by atoms with Crippen molar-refractivity contribution in [2.75, 3.05) is 52.4 Å². The molecule has 0 aromatic carbocycles. The van der Waals surface area contributed by atoms with Crippen LogP contribution < -0.4 is 5.73 Å². The summed E-state index contributed by atoms with van der Waals surface area (Å²) in [7, 11) is 0. The minimum Gasteiger partial charge on any atom is -0.330 e. The van der Waals surface area contributed by atoms with Crippen molar-refractivity contribution in [1.82, 2.24) is 14.7 Å². The smallest absolute Gasteiger partial charge is 0.320 e. The maximum atomic E-state index is 12.2. The summed E-state index contributed by atoms with van der Waals surface area (Å²) in [4.78, 5) is 18.4. The van der Waals surface area contributed by atoms with Crippen molar-refractivity contribution in [3.8, 4) is 0 Å². The van der Waals surface area contributed by atoms with E-state index >= 15 is 0 Å². The molecule has 1 atom stereocenters. The molecule has 0 spiro atoms. The highest BCUT2D eigenvalue weighted by molar-refractivity contribution is 5.74. The molecular weight excluding hydrogens is 228 g/mol. The van der Waals surface area contributed by atoms with E-state index in [1.54, 1.807) is 0 Å². The van der Waals surface area contributed by atoms with Gasteiger partial charge in [-0.05, 0) is 26.3 Å². The standard InChI is InChI=1S/C13H28N4O/c1-4-16(5-2)13(18)17-8-6-15(7-9-17)11-12(3)10-14/h12H,4-11,14H2,1-3H3. The molecule has 1 aliphatic heterocycles. The van der Waals surface area contributed by atoms with E-state index in [1.807, 2.05) is 23.6 Å². The van der Waals surface area contributed by atoms with E-state index in [9.17, 15) is 4.79 Å². The second kappa shape index (κ2) is 7.59. The van der Waals surface area contributed by atoms with E-state index in [-0.39, 0.29) is 6.03 Å². The average molecular weight is 256 g/mol. The SMILES string of the molecule is CCN(CC)C(=O)N1CCN(CC(C)CN)CC1. The molecule has 2 N–H and O–H groups in total. The molecule has 0 aliphatic carbocycles. The Labute approximate surface area is 111 Å². The highest BCUT2D eigenvalue weighted by atomic mass is 16.2. The lowest BCUT2D eigenvalue weighted by atomic mass is 10.1. The van der Waals surface area contributed by atoms with Crippen LogP contribution in [0.3, 0.4) is 0 Å². The molecule has 1 unspecified atom stereocenters. The molecule has 0 radical (unpaired) electrons. The maximum Gasteiger partial charge on any atom is 0.320 e. The van der Waals surface area contributed by atoms with Crippen LogP contribution in [0.5, 0.6) is 0 Å². The Kier molecular flexibility index (Phi) is 6.43. The zero-order valence-corrected chi connectivity index (χ0v) is 12.1. The van der Waals surface area contributed by atoms with E-state index in [4.69, 9.17) is 5.73 Å². The molecule has 0 aromatic heterocycles. The first kappa shape index (κ1) is 15.2. The van der Waals surface area contributed by atoms with Gasteiger partial charge in [0.05, 0.1) is 0 Å². The molecule has 1 fully saturated rings. The van der Waals surface area contributed by atoms with Crippen molar-refractivity contribution in [2.45, 2.75) is 20.8 Å². The van der Waals surface area contributed by atoms with E-state index in [2.05, 4.69) is 11.8 Å². The average Bonchev–Trinajstić information content (AvgIpc) is 2.40. The number of nitrogens with zero attached hydrogens (tertiary/aromatic N) is 3. The molecule has 1 rings (SSSR count). The highest BCUT2D eigenvalue weighted by Gasteiger charge is 2.24. The number of carbonyl (C=O) groups excluding carboxylic acids is 1. The number of carbonyl (C=O) groups is 1. The lowest BCUT2D eigenvalue weighted by molar-refractivity contribution is 0.109. The molecule has 5 heteroatoms. The largest absolute Gasteiger partial charge is 0.330 e. The molecule has 0 aromatic rings. The Morgan fingerprint density at radius 2 is 1.78 bits per heavy atom.